The fraction of sp³-hybridized carbons (Fsp3) is 0.929. The highest BCUT2D eigenvalue weighted by atomic mass is 32.2. The summed E-state index contributed by atoms with van der Waals surface area (Å²) in [6.45, 7) is 10.2. The van der Waals surface area contributed by atoms with E-state index in [1.807, 2.05) is 39.5 Å². The Morgan fingerprint density at radius 2 is 2.06 bits per heavy atom. The van der Waals surface area contributed by atoms with Gasteiger partial charge >= 0.3 is 0 Å². The second kappa shape index (κ2) is 6.80. The summed E-state index contributed by atoms with van der Waals surface area (Å²) in [6.07, 6.45) is 3.68. The van der Waals surface area contributed by atoms with Crippen LogP contribution in [0.5, 0.6) is 0 Å². The molecule has 0 aromatic carbocycles. The molecule has 1 amide bonds. The van der Waals surface area contributed by atoms with E-state index in [-0.39, 0.29) is 17.5 Å². The van der Waals surface area contributed by atoms with Crippen molar-refractivity contribution in [2.45, 2.75) is 76.8 Å². The second-order valence-electron chi connectivity index (χ2n) is 6.21. The van der Waals surface area contributed by atoms with Gasteiger partial charge in [-0.2, -0.15) is 11.8 Å². The standard InChI is InChI=1S/C14H28N2OS/c1-6-18-12-8-7-11(9-12)15-10(2)13(17)16-14(3,4)5/h10-12,15H,6-9H2,1-5H3,(H,16,17). The van der Waals surface area contributed by atoms with Crippen LogP contribution < -0.4 is 10.6 Å². The smallest absolute Gasteiger partial charge is 0.237 e. The maximum atomic E-state index is 12.0. The highest BCUT2D eigenvalue weighted by Crippen LogP contribution is 2.29. The van der Waals surface area contributed by atoms with E-state index in [0.29, 0.717) is 6.04 Å². The summed E-state index contributed by atoms with van der Waals surface area (Å²) < 4.78 is 0. The third-order valence-electron chi connectivity index (χ3n) is 3.16. The number of amides is 1. The molecule has 0 aromatic heterocycles. The number of carbonyl (C=O) groups excluding carboxylic acids is 1. The lowest BCUT2D eigenvalue weighted by atomic mass is 10.1. The number of thioether (sulfide) groups is 1. The van der Waals surface area contributed by atoms with E-state index in [9.17, 15) is 4.79 Å². The Bertz CT molecular complexity index is 275. The minimum Gasteiger partial charge on any atom is -0.350 e. The van der Waals surface area contributed by atoms with E-state index >= 15 is 0 Å². The normalized spacial score (nSPS) is 26.1. The van der Waals surface area contributed by atoms with E-state index in [1.165, 1.54) is 25.0 Å². The van der Waals surface area contributed by atoms with Crippen molar-refractivity contribution in [3.63, 3.8) is 0 Å². The van der Waals surface area contributed by atoms with E-state index < -0.39 is 0 Å². The van der Waals surface area contributed by atoms with Gasteiger partial charge in [-0.05, 0) is 52.7 Å². The van der Waals surface area contributed by atoms with Gasteiger partial charge in [0, 0.05) is 16.8 Å². The molecule has 1 rings (SSSR count). The van der Waals surface area contributed by atoms with E-state index in [0.717, 1.165) is 5.25 Å². The summed E-state index contributed by atoms with van der Waals surface area (Å²) in [5, 5.41) is 7.27. The van der Waals surface area contributed by atoms with Gasteiger partial charge < -0.3 is 10.6 Å². The fourth-order valence-electron chi connectivity index (χ4n) is 2.39. The van der Waals surface area contributed by atoms with Gasteiger partial charge in [0.1, 0.15) is 0 Å². The first-order valence-corrected chi connectivity index (χ1v) is 8.06. The van der Waals surface area contributed by atoms with Crippen molar-refractivity contribution in [1.82, 2.24) is 10.6 Å². The van der Waals surface area contributed by atoms with Gasteiger partial charge in [0.2, 0.25) is 5.91 Å². The van der Waals surface area contributed by atoms with Crippen LogP contribution in [-0.4, -0.2) is 34.5 Å². The highest BCUT2D eigenvalue weighted by Gasteiger charge is 2.27. The molecule has 0 aromatic rings. The third kappa shape index (κ3) is 5.61. The molecule has 0 aliphatic heterocycles. The van der Waals surface area contributed by atoms with Gasteiger partial charge in [0.05, 0.1) is 6.04 Å². The molecule has 1 saturated carbocycles. The van der Waals surface area contributed by atoms with Crippen molar-refractivity contribution < 1.29 is 4.79 Å². The van der Waals surface area contributed by atoms with Crippen LogP contribution in [-0.2, 0) is 4.79 Å². The van der Waals surface area contributed by atoms with Gasteiger partial charge in [-0.1, -0.05) is 6.92 Å². The number of nitrogens with one attached hydrogen (secondary N) is 2. The molecule has 18 heavy (non-hydrogen) atoms. The minimum absolute atomic E-state index is 0.0976. The lowest BCUT2D eigenvalue weighted by Gasteiger charge is -2.25. The van der Waals surface area contributed by atoms with Crippen molar-refractivity contribution in [2.75, 3.05) is 5.75 Å². The van der Waals surface area contributed by atoms with Crippen LogP contribution in [0.25, 0.3) is 0 Å². The number of hydrogen-bond donors (Lipinski definition) is 2. The molecule has 3 nitrogen and oxygen atoms in total. The van der Waals surface area contributed by atoms with Crippen molar-refractivity contribution >= 4 is 17.7 Å². The monoisotopic (exact) mass is 272 g/mol. The summed E-state index contributed by atoms with van der Waals surface area (Å²) in [4.78, 5) is 12.0. The first kappa shape index (κ1) is 15.8. The summed E-state index contributed by atoms with van der Waals surface area (Å²) in [6, 6.07) is 0.411. The van der Waals surface area contributed by atoms with E-state index in [2.05, 4.69) is 17.6 Å². The molecule has 3 atom stereocenters. The largest absolute Gasteiger partial charge is 0.350 e. The SMILES string of the molecule is CCSC1CCC(NC(C)C(=O)NC(C)(C)C)C1. The van der Waals surface area contributed by atoms with Gasteiger partial charge in [0.15, 0.2) is 0 Å². The molecular formula is C14H28N2OS. The van der Waals surface area contributed by atoms with E-state index in [1.54, 1.807) is 0 Å². The van der Waals surface area contributed by atoms with Gasteiger partial charge in [-0.25, -0.2) is 0 Å². The molecule has 0 radical (unpaired) electrons. The number of carbonyl (C=O) groups is 1. The van der Waals surface area contributed by atoms with E-state index in [4.69, 9.17) is 0 Å². The molecule has 4 heteroatoms. The predicted molar refractivity (Wildman–Crippen MR) is 80.1 cm³/mol. The molecule has 1 aliphatic carbocycles. The lowest BCUT2D eigenvalue weighted by Crippen LogP contribution is -2.51. The van der Waals surface area contributed by atoms with Gasteiger partial charge in [-0.3, -0.25) is 4.79 Å². The van der Waals surface area contributed by atoms with Crippen LogP contribution in [0.4, 0.5) is 0 Å². The molecule has 3 unspecified atom stereocenters. The molecule has 1 fully saturated rings. The highest BCUT2D eigenvalue weighted by molar-refractivity contribution is 7.99. The Labute approximate surface area is 116 Å². The maximum Gasteiger partial charge on any atom is 0.237 e. The van der Waals surface area contributed by atoms with Crippen LogP contribution in [0.3, 0.4) is 0 Å². The Morgan fingerprint density at radius 3 is 2.61 bits per heavy atom. The third-order valence-corrected chi connectivity index (χ3v) is 4.40. The van der Waals surface area contributed by atoms with Crippen molar-refractivity contribution in [3.05, 3.63) is 0 Å². The Balaban J connectivity index is 2.32. The molecule has 106 valence electrons. The van der Waals surface area contributed by atoms with Crippen molar-refractivity contribution in [2.24, 2.45) is 0 Å². The Hall–Kier alpha value is -0.220. The predicted octanol–water partition coefficient (Wildman–Crippen LogP) is 2.55. The first-order chi connectivity index (χ1) is 8.31. The lowest BCUT2D eigenvalue weighted by molar-refractivity contribution is -0.124. The van der Waals surface area contributed by atoms with Crippen LogP contribution in [0.15, 0.2) is 0 Å². The molecule has 0 saturated heterocycles. The summed E-state index contributed by atoms with van der Waals surface area (Å²) in [5.74, 6) is 1.30. The zero-order valence-electron chi connectivity index (χ0n) is 12.4. The van der Waals surface area contributed by atoms with Crippen LogP contribution >= 0.6 is 11.8 Å². The maximum absolute atomic E-state index is 12.0. The fourth-order valence-corrected chi connectivity index (χ4v) is 3.53. The zero-order valence-corrected chi connectivity index (χ0v) is 13.2. The first-order valence-electron chi connectivity index (χ1n) is 7.01. The van der Waals surface area contributed by atoms with Crippen molar-refractivity contribution in [1.29, 1.82) is 0 Å². The van der Waals surface area contributed by atoms with Crippen LogP contribution in [0.1, 0.15) is 53.9 Å². The number of hydrogen-bond acceptors (Lipinski definition) is 3. The molecule has 2 N–H and O–H groups in total. The van der Waals surface area contributed by atoms with Gasteiger partial charge in [-0.15, -0.1) is 0 Å². The molecule has 0 heterocycles. The Kier molecular flexibility index (Phi) is 5.99. The summed E-state index contributed by atoms with van der Waals surface area (Å²) in [7, 11) is 0. The quantitative estimate of drug-likeness (QED) is 0.808. The average molecular weight is 272 g/mol. The molecule has 0 bridgehead atoms. The Morgan fingerprint density at radius 1 is 1.39 bits per heavy atom. The molecular weight excluding hydrogens is 244 g/mol. The summed E-state index contributed by atoms with van der Waals surface area (Å²) in [5.41, 5.74) is -0.150. The zero-order chi connectivity index (χ0) is 13.8. The van der Waals surface area contributed by atoms with Gasteiger partial charge in [0.25, 0.3) is 0 Å². The topological polar surface area (TPSA) is 41.1 Å². The minimum atomic E-state index is -0.150. The van der Waals surface area contributed by atoms with Crippen LogP contribution in [0, 0.1) is 0 Å². The summed E-state index contributed by atoms with van der Waals surface area (Å²) >= 11 is 2.05. The average Bonchev–Trinajstić information content (AvgIpc) is 2.63. The number of rotatable bonds is 5. The van der Waals surface area contributed by atoms with Crippen LogP contribution in [0.2, 0.25) is 0 Å². The molecule has 1 aliphatic rings. The molecule has 0 spiro atoms. The van der Waals surface area contributed by atoms with Crippen molar-refractivity contribution in [3.8, 4) is 0 Å². The second-order valence-corrected chi connectivity index (χ2v) is 7.79.